The average Bonchev–Trinajstić information content (AvgIpc) is 3.27. The summed E-state index contributed by atoms with van der Waals surface area (Å²) in [7, 11) is 0. The van der Waals surface area contributed by atoms with E-state index in [0.29, 0.717) is 31.2 Å². The molecule has 4 rings (SSSR count). The lowest BCUT2D eigenvalue weighted by molar-refractivity contribution is -0.0866. The van der Waals surface area contributed by atoms with Crippen molar-refractivity contribution in [1.82, 2.24) is 20.5 Å². The first kappa shape index (κ1) is 21.4. The van der Waals surface area contributed by atoms with E-state index in [9.17, 15) is 4.79 Å². The molecule has 1 aromatic rings. The summed E-state index contributed by atoms with van der Waals surface area (Å²) in [4.78, 5) is 19.2. The van der Waals surface area contributed by atoms with Gasteiger partial charge >= 0.3 is 0 Å². The molecule has 3 fully saturated rings. The van der Waals surface area contributed by atoms with E-state index in [4.69, 9.17) is 4.74 Å². The van der Waals surface area contributed by atoms with Gasteiger partial charge in [-0.05, 0) is 56.4 Å². The van der Waals surface area contributed by atoms with Crippen LogP contribution in [0.1, 0.15) is 28.8 Å². The smallest absolute Gasteiger partial charge is 0.255 e. The lowest BCUT2D eigenvalue weighted by Gasteiger charge is -2.40. The highest BCUT2D eigenvalue weighted by atomic mass is 35.5. The maximum Gasteiger partial charge on any atom is 0.255 e. The number of nitrogens with zero attached hydrogens (tertiary/aromatic N) is 2. The molecule has 3 aliphatic heterocycles. The normalized spacial score (nSPS) is 27.8. The van der Waals surface area contributed by atoms with E-state index in [2.05, 4.69) is 15.6 Å². The fourth-order valence-electron chi connectivity index (χ4n) is 4.12. The summed E-state index contributed by atoms with van der Waals surface area (Å²) in [6.07, 6.45) is 6.78. The quantitative estimate of drug-likeness (QED) is 0.796. The third kappa shape index (κ3) is 4.67. The van der Waals surface area contributed by atoms with Crippen molar-refractivity contribution < 1.29 is 9.53 Å². The SMILES string of the molecule is Cl.Cl.O=C(c1cncc(CC2CCNC2)c1)N1CCOC2(CCNC2)C1. The molecular formula is C18H28Cl2N4O2. The fourth-order valence-corrected chi connectivity index (χ4v) is 4.12. The molecule has 26 heavy (non-hydrogen) atoms. The summed E-state index contributed by atoms with van der Waals surface area (Å²) in [6.45, 7) is 5.93. The van der Waals surface area contributed by atoms with Crippen molar-refractivity contribution >= 4 is 30.7 Å². The summed E-state index contributed by atoms with van der Waals surface area (Å²) >= 11 is 0. The Bertz CT molecular complexity index is 605. The molecule has 146 valence electrons. The number of ether oxygens (including phenoxy) is 1. The second kappa shape index (κ2) is 9.33. The van der Waals surface area contributed by atoms with Crippen LogP contribution in [-0.2, 0) is 11.2 Å². The topological polar surface area (TPSA) is 66.5 Å². The Morgan fingerprint density at radius 1 is 1.31 bits per heavy atom. The second-order valence-corrected chi connectivity index (χ2v) is 7.33. The van der Waals surface area contributed by atoms with Gasteiger partial charge in [-0.1, -0.05) is 0 Å². The monoisotopic (exact) mass is 402 g/mol. The molecule has 6 nitrogen and oxygen atoms in total. The predicted molar refractivity (Wildman–Crippen MR) is 105 cm³/mol. The van der Waals surface area contributed by atoms with E-state index in [1.54, 1.807) is 6.20 Å². The number of hydrogen-bond donors (Lipinski definition) is 2. The van der Waals surface area contributed by atoms with E-state index < -0.39 is 0 Å². The number of hydrogen-bond acceptors (Lipinski definition) is 5. The molecule has 2 N–H and O–H groups in total. The standard InChI is InChI=1S/C18H26N4O2.2ClH/c23-17(22-5-6-24-18(13-22)2-4-20-12-18)16-8-15(10-21-11-16)7-14-1-3-19-9-14;;/h8,10-11,14,19-20H,1-7,9,12-13H2;2*1H. The van der Waals surface area contributed by atoms with Gasteiger partial charge < -0.3 is 20.3 Å². The molecule has 8 heteroatoms. The minimum Gasteiger partial charge on any atom is -0.370 e. The molecule has 1 spiro atoms. The third-order valence-electron chi connectivity index (χ3n) is 5.47. The van der Waals surface area contributed by atoms with Crippen molar-refractivity contribution in [2.75, 3.05) is 45.9 Å². The second-order valence-electron chi connectivity index (χ2n) is 7.33. The van der Waals surface area contributed by atoms with Gasteiger partial charge in [0.15, 0.2) is 0 Å². The molecule has 0 saturated carbocycles. The first-order valence-electron chi connectivity index (χ1n) is 9.03. The van der Waals surface area contributed by atoms with Crippen molar-refractivity contribution in [3.05, 3.63) is 29.6 Å². The Morgan fingerprint density at radius 2 is 2.19 bits per heavy atom. The van der Waals surface area contributed by atoms with Gasteiger partial charge in [-0.3, -0.25) is 9.78 Å². The van der Waals surface area contributed by atoms with Crippen LogP contribution in [0.3, 0.4) is 0 Å². The predicted octanol–water partition coefficient (Wildman–Crippen LogP) is 1.28. The Balaban J connectivity index is 0.00000121. The minimum atomic E-state index is -0.186. The summed E-state index contributed by atoms with van der Waals surface area (Å²) < 4.78 is 5.98. The first-order chi connectivity index (χ1) is 11.7. The van der Waals surface area contributed by atoms with Gasteiger partial charge in [-0.15, -0.1) is 24.8 Å². The molecule has 1 aromatic heterocycles. The van der Waals surface area contributed by atoms with Gasteiger partial charge in [0.1, 0.15) is 0 Å². The number of halogens is 2. The molecule has 0 aromatic carbocycles. The van der Waals surface area contributed by atoms with Gasteiger partial charge in [0.2, 0.25) is 0 Å². The van der Waals surface area contributed by atoms with Gasteiger partial charge in [0.25, 0.3) is 5.91 Å². The fraction of sp³-hybridized carbons (Fsp3) is 0.667. The molecule has 3 aliphatic rings. The van der Waals surface area contributed by atoms with Crippen LogP contribution in [-0.4, -0.2) is 67.3 Å². The number of morpholine rings is 1. The molecule has 0 radical (unpaired) electrons. The van der Waals surface area contributed by atoms with E-state index in [1.165, 1.54) is 12.0 Å². The van der Waals surface area contributed by atoms with Crippen LogP contribution in [0.15, 0.2) is 18.5 Å². The summed E-state index contributed by atoms with van der Waals surface area (Å²) in [5, 5.41) is 6.74. The molecule has 1 amide bonds. The van der Waals surface area contributed by atoms with Gasteiger partial charge in [-0.2, -0.15) is 0 Å². The maximum atomic E-state index is 12.9. The zero-order valence-corrected chi connectivity index (χ0v) is 16.5. The zero-order chi connectivity index (χ0) is 16.4. The molecular weight excluding hydrogens is 375 g/mol. The van der Waals surface area contributed by atoms with Crippen molar-refractivity contribution in [3.8, 4) is 0 Å². The van der Waals surface area contributed by atoms with E-state index in [-0.39, 0.29) is 36.3 Å². The van der Waals surface area contributed by atoms with Crippen molar-refractivity contribution in [3.63, 3.8) is 0 Å². The van der Waals surface area contributed by atoms with Crippen LogP contribution in [0.25, 0.3) is 0 Å². The van der Waals surface area contributed by atoms with Crippen LogP contribution in [0, 0.1) is 5.92 Å². The van der Waals surface area contributed by atoms with Crippen molar-refractivity contribution in [1.29, 1.82) is 0 Å². The summed E-state index contributed by atoms with van der Waals surface area (Å²) in [5.41, 5.74) is 1.69. The van der Waals surface area contributed by atoms with Crippen LogP contribution in [0.4, 0.5) is 0 Å². The average molecular weight is 403 g/mol. The maximum absolute atomic E-state index is 12.9. The largest absolute Gasteiger partial charge is 0.370 e. The first-order valence-corrected chi connectivity index (χ1v) is 9.03. The number of amides is 1. The molecule has 3 saturated heterocycles. The highest BCUT2D eigenvalue weighted by molar-refractivity contribution is 5.94. The number of carbonyl (C=O) groups excluding carboxylic acids is 1. The van der Waals surface area contributed by atoms with Crippen LogP contribution < -0.4 is 10.6 Å². The number of carbonyl (C=O) groups is 1. The number of pyridine rings is 1. The molecule has 2 atom stereocenters. The Morgan fingerprint density at radius 3 is 2.92 bits per heavy atom. The van der Waals surface area contributed by atoms with Crippen LogP contribution >= 0.6 is 24.8 Å². The van der Waals surface area contributed by atoms with E-state index in [1.807, 2.05) is 17.2 Å². The highest BCUT2D eigenvalue weighted by Crippen LogP contribution is 2.26. The van der Waals surface area contributed by atoms with Crippen molar-refractivity contribution in [2.24, 2.45) is 5.92 Å². The van der Waals surface area contributed by atoms with E-state index in [0.717, 1.165) is 39.0 Å². The Labute approximate surface area is 167 Å². The number of nitrogens with one attached hydrogen (secondary N) is 2. The van der Waals surface area contributed by atoms with Crippen LogP contribution in [0.2, 0.25) is 0 Å². The zero-order valence-electron chi connectivity index (χ0n) is 14.9. The number of aromatic nitrogens is 1. The molecule has 0 bridgehead atoms. The van der Waals surface area contributed by atoms with Gasteiger partial charge in [0.05, 0.1) is 24.3 Å². The highest BCUT2D eigenvalue weighted by Gasteiger charge is 2.40. The Hall–Kier alpha value is -0.920. The number of rotatable bonds is 3. The molecule has 0 aliphatic carbocycles. The van der Waals surface area contributed by atoms with Gasteiger partial charge in [-0.25, -0.2) is 0 Å². The molecule has 2 unspecified atom stereocenters. The lowest BCUT2D eigenvalue weighted by atomic mass is 9.98. The third-order valence-corrected chi connectivity index (χ3v) is 5.47. The van der Waals surface area contributed by atoms with E-state index >= 15 is 0 Å². The Kier molecular flexibility index (Phi) is 7.67. The lowest BCUT2D eigenvalue weighted by Crippen LogP contribution is -2.54. The van der Waals surface area contributed by atoms with Crippen molar-refractivity contribution in [2.45, 2.75) is 24.9 Å². The summed E-state index contributed by atoms with van der Waals surface area (Å²) in [5.74, 6) is 0.747. The molecule has 4 heterocycles. The minimum absolute atomic E-state index is 0. The summed E-state index contributed by atoms with van der Waals surface area (Å²) in [6, 6.07) is 2.03. The van der Waals surface area contributed by atoms with Gasteiger partial charge in [0, 0.05) is 25.5 Å². The van der Waals surface area contributed by atoms with Crippen LogP contribution in [0.5, 0.6) is 0 Å².